The van der Waals surface area contributed by atoms with Crippen LogP contribution in [0.4, 0.5) is 0 Å². The first-order chi connectivity index (χ1) is 13.2. The lowest BCUT2D eigenvalue weighted by molar-refractivity contribution is 0.231. The molecule has 0 aliphatic carbocycles. The van der Waals surface area contributed by atoms with Gasteiger partial charge in [-0.3, -0.25) is 4.52 Å². The van der Waals surface area contributed by atoms with E-state index < -0.39 is 6.72 Å². The summed E-state index contributed by atoms with van der Waals surface area (Å²) in [6.45, 7) is 2.07. The molecule has 0 saturated carbocycles. The minimum atomic E-state index is -2.74. The monoisotopic (exact) mass is 400 g/mol. The van der Waals surface area contributed by atoms with E-state index in [1.165, 1.54) is 0 Å². The van der Waals surface area contributed by atoms with Crippen LogP contribution in [0.1, 0.15) is 13.8 Å². The van der Waals surface area contributed by atoms with Crippen LogP contribution in [0.5, 0.6) is 11.5 Å². The largest absolute Gasteiger partial charge is 0.419 e. The van der Waals surface area contributed by atoms with E-state index in [0.717, 1.165) is 27.3 Å². The number of hydrogen-bond donors (Lipinski definition) is 1. The molecule has 0 radical (unpaired) electrons. The number of benzene rings is 3. The van der Waals surface area contributed by atoms with Crippen LogP contribution in [-0.4, -0.2) is 6.61 Å². The second-order valence-corrected chi connectivity index (χ2v) is 10.7. The highest BCUT2D eigenvalue weighted by Crippen LogP contribution is 2.53. The van der Waals surface area contributed by atoms with E-state index in [1.807, 2.05) is 78.9 Å². The Hall–Kier alpha value is -2.00. The molecule has 0 aromatic heterocycles. The predicted octanol–water partition coefficient (Wildman–Crippen LogP) is 6.37. The maximum atomic E-state index is 6.41. The Morgan fingerprint density at radius 1 is 0.704 bits per heavy atom. The van der Waals surface area contributed by atoms with Crippen molar-refractivity contribution in [1.82, 2.24) is 0 Å². The molecule has 3 rings (SSSR count). The Labute approximate surface area is 165 Å². The van der Waals surface area contributed by atoms with Gasteiger partial charge < -0.3 is 9.05 Å². The average molecular weight is 400 g/mol. The van der Waals surface area contributed by atoms with Crippen LogP contribution in [-0.2, 0) is 15.5 Å². The van der Waals surface area contributed by atoms with Gasteiger partial charge in [0.25, 0.3) is 0 Å². The van der Waals surface area contributed by atoms with Crippen molar-refractivity contribution in [2.24, 2.45) is 5.92 Å². The van der Waals surface area contributed by atoms with Crippen molar-refractivity contribution in [2.45, 2.75) is 18.7 Å². The molecule has 0 atom stereocenters. The zero-order chi connectivity index (χ0) is 19.0. The van der Waals surface area contributed by atoms with E-state index in [-0.39, 0.29) is 0 Å². The minimum Gasteiger partial charge on any atom is -0.419 e. The van der Waals surface area contributed by atoms with Crippen molar-refractivity contribution in [2.75, 3.05) is 6.61 Å². The lowest BCUT2D eigenvalue weighted by atomic mass is 10.2. The maximum Gasteiger partial charge on any atom is 0.392 e. The van der Waals surface area contributed by atoms with Crippen LogP contribution in [0.25, 0.3) is 0 Å². The number of rotatable bonds is 8. The minimum absolute atomic E-state index is 0.370. The molecular weight excluding hydrogens is 375 g/mol. The van der Waals surface area contributed by atoms with Gasteiger partial charge >= 0.3 is 6.72 Å². The summed E-state index contributed by atoms with van der Waals surface area (Å²) < 4.78 is 19.2. The zero-order valence-electron chi connectivity index (χ0n) is 15.6. The second-order valence-electron chi connectivity index (χ2n) is 6.40. The molecule has 0 amide bonds. The molecule has 0 bridgehead atoms. The number of para-hydroxylation sites is 2. The molecule has 0 heterocycles. The van der Waals surface area contributed by atoms with Crippen molar-refractivity contribution in [1.29, 1.82) is 0 Å². The smallest absolute Gasteiger partial charge is 0.392 e. The summed E-state index contributed by atoms with van der Waals surface area (Å²) in [6, 6.07) is 29.7. The van der Waals surface area contributed by atoms with E-state index in [1.54, 1.807) is 0 Å². The van der Waals surface area contributed by atoms with Crippen molar-refractivity contribution >= 4 is 17.7 Å². The molecule has 3 aromatic rings. The Balaban J connectivity index is 2.05. The van der Waals surface area contributed by atoms with Gasteiger partial charge in [0.1, 0.15) is 11.5 Å². The van der Waals surface area contributed by atoms with Gasteiger partial charge in [-0.25, -0.2) is 0 Å². The van der Waals surface area contributed by atoms with Crippen molar-refractivity contribution in [3.8, 4) is 11.5 Å². The molecule has 27 heavy (non-hydrogen) atoms. The third kappa shape index (κ3) is 6.28. The molecule has 3 aromatic carbocycles. The normalized spacial score (nSPS) is 11.4. The lowest BCUT2D eigenvalue weighted by Gasteiger charge is -2.27. The van der Waals surface area contributed by atoms with Gasteiger partial charge in [-0.2, -0.15) is 0 Å². The molecule has 0 saturated heterocycles. The van der Waals surface area contributed by atoms with Gasteiger partial charge in [0.2, 0.25) is 0 Å². The molecule has 5 heteroatoms. The Morgan fingerprint density at radius 2 is 1.15 bits per heavy atom. The van der Waals surface area contributed by atoms with Gasteiger partial charge in [-0.15, -0.1) is 0 Å². The van der Waals surface area contributed by atoms with Crippen LogP contribution in [0.15, 0.2) is 95.9 Å². The van der Waals surface area contributed by atoms with Crippen LogP contribution in [0, 0.1) is 5.92 Å². The summed E-state index contributed by atoms with van der Waals surface area (Å²) in [5.74, 6) is 1.86. The molecule has 0 unspecified atom stereocenters. The van der Waals surface area contributed by atoms with Gasteiger partial charge in [0.15, 0.2) is 0 Å². The van der Waals surface area contributed by atoms with Crippen LogP contribution in [0.3, 0.4) is 0 Å². The molecule has 0 spiro atoms. The Bertz CT molecular complexity index is 822. The summed E-state index contributed by atoms with van der Waals surface area (Å²) in [6.07, 6.45) is 0. The first kappa shape index (κ1) is 19.8. The fourth-order valence-corrected chi connectivity index (χ4v) is 6.82. The first-order valence-corrected chi connectivity index (χ1v) is 12.1. The third-order valence-corrected chi connectivity index (χ3v) is 7.89. The summed E-state index contributed by atoms with van der Waals surface area (Å²) in [4.78, 5) is 1.10. The van der Waals surface area contributed by atoms with Crippen LogP contribution < -0.4 is 9.05 Å². The Kier molecular flexibility index (Phi) is 7.17. The Morgan fingerprint density at radius 3 is 1.59 bits per heavy atom. The van der Waals surface area contributed by atoms with Gasteiger partial charge in [0.05, 0.1) is 6.61 Å². The van der Waals surface area contributed by atoms with Gasteiger partial charge in [-0.05, 0) is 42.3 Å². The van der Waals surface area contributed by atoms with Crippen molar-refractivity contribution in [3.63, 3.8) is 0 Å². The molecule has 0 fully saturated rings. The van der Waals surface area contributed by atoms with Gasteiger partial charge in [0, 0.05) is 4.90 Å². The lowest BCUT2D eigenvalue weighted by Crippen LogP contribution is -2.10. The molecule has 142 valence electrons. The van der Waals surface area contributed by atoms with E-state index in [0.29, 0.717) is 12.5 Å². The summed E-state index contributed by atoms with van der Waals surface area (Å²) >= 11 is 0. The quantitative estimate of drug-likeness (QED) is 0.352. The molecule has 0 aliphatic heterocycles. The summed E-state index contributed by atoms with van der Waals surface area (Å²) in [7, 11) is 0.887. The van der Waals surface area contributed by atoms with E-state index >= 15 is 0 Å². The molecular formula is C22H25O3PS. The van der Waals surface area contributed by atoms with E-state index in [2.05, 4.69) is 26.0 Å². The van der Waals surface area contributed by atoms with E-state index in [9.17, 15) is 0 Å². The fourth-order valence-electron chi connectivity index (χ4n) is 2.25. The molecule has 0 N–H and O–H groups in total. The topological polar surface area (TPSA) is 27.7 Å². The van der Waals surface area contributed by atoms with Crippen molar-refractivity contribution < 1.29 is 13.6 Å². The summed E-state index contributed by atoms with van der Waals surface area (Å²) in [5.41, 5.74) is 0. The average Bonchev–Trinajstić information content (AvgIpc) is 2.69. The standard InChI is InChI=1S/C22H25O3PS/c1-19(2)18-23-26(24-20-12-6-3-7-13-20,25-21-14-8-4-9-15-21)27-22-16-10-5-11-17-22/h3-17,19,27H,18H2,1-2H3. The fraction of sp³-hybridized carbons (Fsp3) is 0.182. The SMILES string of the molecule is CC(C)COP(Oc1ccccc1)(Oc1ccccc1)=[SH]c1ccccc1. The predicted molar refractivity (Wildman–Crippen MR) is 115 cm³/mol. The van der Waals surface area contributed by atoms with Crippen LogP contribution in [0.2, 0.25) is 0 Å². The highest BCUT2D eigenvalue weighted by molar-refractivity contribution is 8.17. The third-order valence-electron chi connectivity index (χ3n) is 3.49. The van der Waals surface area contributed by atoms with Crippen molar-refractivity contribution in [3.05, 3.63) is 91.0 Å². The zero-order valence-corrected chi connectivity index (χ0v) is 17.4. The highest BCUT2D eigenvalue weighted by atomic mass is 32.5. The summed E-state index contributed by atoms with van der Waals surface area (Å²) in [5, 5.41) is 0. The number of thiol groups is 1. The molecule has 3 nitrogen and oxygen atoms in total. The van der Waals surface area contributed by atoms with Crippen LogP contribution >= 0.6 is 6.72 Å². The molecule has 0 aliphatic rings. The van der Waals surface area contributed by atoms with E-state index in [4.69, 9.17) is 13.6 Å². The first-order valence-electron chi connectivity index (χ1n) is 8.96. The maximum absolute atomic E-state index is 6.41. The van der Waals surface area contributed by atoms with Gasteiger partial charge in [-0.1, -0.05) is 79.4 Å². The highest BCUT2D eigenvalue weighted by Gasteiger charge is 2.26. The second kappa shape index (κ2) is 9.80. The number of hydrogen-bond acceptors (Lipinski definition) is 3.